The number of allylic oxidation sites excluding steroid dienone is 2. The monoisotopic (exact) mass is 228 g/mol. The van der Waals surface area contributed by atoms with Crippen molar-refractivity contribution in [3.63, 3.8) is 0 Å². The molecule has 2 atom stereocenters. The van der Waals surface area contributed by atoms with Gasteiger partial charge in [-0.25, -0.2) is 0 Å². The van der Waals surface area contributed by atoms with Crippen LogP contribution in [-0.2, 0) is 4.79 Å². The molecule has 1 heterocycles. The van der Waals surface area contributed by atoms with Crippen LogP contribution in [0.15, 0.2) is 11.6 Å². The highest BCUT2D eigenvalue weighted by Crippen LogP contribution is 2.46. The summed E-state index contributed by atoms with van der Waals surface area (Å²) >= 11 is 3.77. The molecule has 3 heteroatoms. The van der Waals surface area contributed by atoms with Crippen LogP contribution in [0.4, 0.5) is 0 Å². The summed E-state index contributed by atoms with van der Waals surface area (Å²) in [5, 5.41) is 0. The van der Waals surface area contributed by atoms with Crippen LogP contribution in [0.1, 0.15) is 13.3 Å². The minimum Gasteiger partial charge on any atom is -0.294 e. The first kappa shape index (κ1) is 10.6. The lowest BCUT2D eigenvalue weighted by molar-refractivity contribution is -0.123. The number of hydrogen-bond acceptors (Lipinski definition) is 3. The van der Waals surface area contributed by atoms with Crippen LogP contribution in [0.3, 0.4) is 0 Å². The van der Waals surface area contributed by atoms with E-state index in [0.29, 0.717) is 11.7 Å². The van der Waals surface area contributed by atoms with Crippen molar-refractivity contribution in [1.29, 1.82) is 0 Å². The molecule has 0 spiro atoms. The lowest BCUT2D eigenvalue weighted by Gasteiger charge is -2.42. The molecule has 14 heavy (non-hydrogen) atoms. The summed E-state index contributed by atoms with van der Waals surface area (Å²) in [6.07, 6.45) is 5.10. The molecule has 0 amide bonds. The van der Waals surface area contributed by atoms with E-state index in [1.807, 2.05) is 29.6 Å². The fourth-order valence-corrected chi connectivity index (χ4v) is 4.96. The van der Waals surface area contributed by atoms with Gasteiger partial charge in [0.25, 0.3) is 0 Å². The van der Waals surface area contributed by atoms with Crippen molar-refractivity contribution in [2.24, 2.45) is 11.3 Å². The Labute approximate surface area is 94.1 Å². The van der Waals surface area contributed by atoms with Crippen molar-refractivity contribution >= 4 is 29.3 Å². The van der Waals surface area contributed by atoms with Gasteiger partial charge in [-0.15, -0.1) is 0 Å². The minimum absolute atomic E-state index is 0.0213. The molecule has 2 bridgehead atoms. The molecule has 1 saturated heterocycles. The Hall–Kier alpha value is 0.110. The lowest BCUT2D eigenvalue weighted by atomic mass is 9.72. The van der Waals surface area contributed by atoms with Gasteiger partial charge in [-0.2, -0.15) is 23.5 Å². The summed E-state index contributed by atoms with van der Waals surface area (Å²) in [5.74, 6) is 4.30. The fourth-order valence-electron chi connectivity index (χ4n) is 2.38. The zero-order chi connectivity index (χ0) is 10.2. The number of fused-ring (bicyclic) bond motifs is 2. The SMILES string of the molecule is CSCC12CSCC(C1)C(C)=CC2=O. The third kappa shape index (κ3) is 1.65. The zero-order valence-electron chi connectivity index (χ0n) is 8.71. The van der Waals surface area contributed by atoms with Crippen LogP contribution in [0, 0.1) is 11.3 Å². The van der Waals surface area contributed by atoms with Gasteiger partial charge in [-0.3, -0.25) is 4.79 Å². The van der Waals surface area contributed by atoms with Crippen LogP contribution >= 0.6 is 23.5 Å². The van der Waals surface area contributed by atoms with Gasteiger partial charge in [0.15, 0.2) is 5.78 Å². The van der Waals surface area contributed by atoms with E-state index >= 15 is 0 Å². The van der Waals surface area contributed by atoms with Gasteiger partial charge in [0.2, 0.25) is 0 Å². The fraction of sp³-hybridized carbons (Fsp3) is 0.727. The first-order valence-electron chi connectivity index (χ1n) is 4.97. The van der Waals surface area contributed by atoms with Gasteiger partial charge >= 0.3 is 0 Å². The highest BCUT2D eigenvalue weighted by atomic mass is 32.2. The van der Waals surface area contributed by atoms with E-state index in [-0.39, 0.29) is 5.41 Å². The van der Waals surface area contributed by atoms with Crippen molar-refractivity contribution in [1.82, 2.24) is 0 Å². The number of hydrogen-bond donors (Lipinski definition) is 0. The van der Waals surface area contributed by atoms with Gasteiger partial charge in [0.1, 0.15) is 0 Å². The molecule has 1 nitrogen and oxygen atoms in total. The largest absolute Gasteiger partial charge is 0.294 e. The Morgan fingerprint density at radius 3 is 3.21 bits per heavy atom. The highest BCUT2D eigenvalue weighted by Gasteiger charge is 2.44. The minimum atomic E-state index is -0.0213. The smallest absolute Gasteiger partial charge is 0.163 e. The average Bonchev–Trinajstić information content (AvgIpc) is 2.16. The molecule has 0 radical (unpaired) electrons. The third-order valence-electron chi connectivity index (χ3n) is 3.28. The number of thioether (sulfide) groups is 2. The Morgan fingerprint density at radius 2 is 2.50 bits per heavy atom. The highest BCUT2D eigenvalue weighted by molar-refractivity contribution is 8.00. The summed E-state index contributed by atoms with van der Waals surface area (Å²) in [6.45, 7) is 2.11. The first-order chi connectivity index (χ1) is 6.68. The summed E-state index contributed by atoms with van der Waals surface area (Å²) < 4.78 is 0. The van der Waals surface area contributed by atoms with Gasteiger partial charge in [-0.1, -0.05) is 5.57 Å². The number of rotatable bonds is 2. The molecule has 0 aromatic heterocycles. The molecule has 1 aliphatic carbocycles. The number of carbonyl (C=O) groups excluding carboxylic acids is 1. The van der Waals surface area contributed by atoms with E-state index in [4.69, 9.17) is 0 Å². The van der Waals surface area contributed by atoms with Crippen LogP contribution in [0.2, 0.25) is 0 Å². The summed E-state index contributed by atoms with van der Waals surface area (Å²) in [7, 11) is 0. The van der Waals surface area contributed by atoms with E-state index in [1.165, 1.54) is 11.3 Å². The molecule has 2 unspecified atom stereocenters. The number of ketones is 1. The normalized spacial score (nSPS) is 36.9. The van der Waals surface area contributed by atoms with Gasteiger partial charge in [0.05, 0.1) is 5.41 Å². The molecule has 78 valence electrons. The van der Waals surface area contributed by atoms with Crippen LogP contribution in [0.25, 0.3) is 0 Å². The predicted octanol–water partition coefficient (Wildman–Crippen LogP) is 2.62. The predicted molar refractivity (Wildman–Crippen MR) is 65.0 cm³/mol. The lowest BCUT2D eigenvalue weighted by Crippen LogP contribution is -2.44. The molecule has 0 N–H and O–H groups in total. The Kier molecular flexibility index (Phi) is 2.98. The summed E-state index contributed by atoms with van der Waals surface area (Å²) in [4.78, 5) is 12.0. The molecule has 2 aliphatic rings. The Morgan fingerprint density at radius 1 is 1.71 bits per heavy atom. The van der Waals surface area contributed by atoms with Crippen molar-refractivity contribution in [2.45, 2.75) is 13.3 Å². The number of carbonyl (C=O) groups is 1. The van der Waals surface area contributed by atoms with Crippen LogP contribution in [0.5, 0.6) is 0 Å². The van der Waals surface area contributed by atoms with E-state index in [0.717, 1.165) is 17.9 Å². The molecule has 0 aromatic carbocycles. The third-order valence-corrected chi connectivity index (χ3v) is 5.52. The molecule has 1 fully saturated rings. The van der Waals surface area contributed by atoms with Gasteiger partial charge < -0.3 is 0 Å². The van der Waals surface area contributed by atoms with E-state index in [9.17, 15) is 4.79 Å². The molecule has 0 aromatic rings. The Balaban J connectivity index is 2.29. The van der Waals surface area contributed by atoms with E-state index in [1.54, 1.807) is 0 Å². The molecular weight excluding hydrogens is 212 g/mol. The first-order valence-corrected chi connectivity index (χ1v) is 7.52. The second-order valence-corrected chi connectivity index (χ2v) is 6.28. The zero-order valence-corrected chi connectivity index (χ0v) is 10.3. The second kappa shape index (κ2) is 3.93. The average molecular weight is 228 g/mol. The van der Waals surface area contributed by atoms with Crippen molar-refractivity contribution in [3.05, 3.63) is 11.6 Å². The van der Waals surface area contributed by atoms with Crippen molar-refractivity contribution in [2.75, 3.05) is 23.5 Å². The van der Waals surface area contributed by atoms with Gasteiger partial charge in [-0.05, 0) is 37.3 Å². The van der Waals surface area contributed by atoms with Crippen molar-refractivity contribution in [3.8, 4) is 0 Å². The maximum Gasteiger partial charge on any atom is 0.163 e. The topological polar surface area (TPSA) is 17.1 Å². The van der Waals surface area contributed by atoms with Gasteiger partial charge in [0, 0.05) is 11.5 Å². The van der Waals surface area contributed by atoms with Crippen molar-refractivity contribution < 1.29 is 4.79 Å². The molecule has 1 aliphatic heterocycles. The van der Waals surface area contributed by atoms with Crippen LogP contribution in [-0.4, -0.2) is 29.3 Å². The van der Waals surface area contributed by atoms with Crippen LogP contribution < -0.4 is 0 Å². The molecular formula is C11H16OS2. The maximum absolute atomic E-state index is 12.0. The standard InChI is InChI=1S/C11H16OS2/c1-8-3-10(12)11(6-13-2)4-9(8)5-14-7-11/h3,9H,4-7H2,1-2H3. The quantitative estimate of drug-likeness (QED) is 0.723. The van der Waals surface area contributed by atoms with E-state index in [2.05, 4.69) is 13.2 Å². The summed E-state index contributed by atoms with van der Waals surface area (Å²) in [6, 6.07) is 0. The molecule has 0 saturated carbocycles. The molecule has 2 rings (SSSR count). The second-order valence-electron chi connectivity index (χ2n) is 4.38. The Bertz CT molecular complexity index is 281. The van der Waals surface area contributed by atoms with E-state index < -0.39 is 0 Å². The summed E-state index contributed by atoms with van der Waals surface area (Å²) in [5.41, 5.74) is 1.28. The maximum atomic E-state index is 12.0.